The summed E-state index contributed by atoms with van der Waals surface area (Å²) in [6, 6.07) is 10.9. The molecule has 0 bridgehead atoms. The number of non-ortho nitro benzene ring substituents is 1. The molecule has 0 aromatic heterocycles. The van der Waals surface area contributed by atoms with Crippen molar-refractivity contribution < 1.29 is 15.0 Å². The van der Waals surface area contributed by atoms with Crippen LogP contribution in [0.3, 0.4) is 0 Å². The molecule has 9 nitrogen and oxygen atoms in total. The summed E-state index contributed by atoms with van der Waals surface area (Å²) in [5.41, 5.74) is 4.22. The van der Waals surface area contributed by atoms with Crippen LogP contribution in [0.5, 0.6) is 0 Å². The molecule has 0 heterocycles. The minimum absolute atomic E-state index is 0.181. The fraction of sp³-hybridized carbons (Fsp3) is 0. The van der Waals surface area contributed by atoms with E-state index in [1.54, 1.807) is 18.2 Å². The third-order valence-electron chi connectivity index (χ3n) is 3.21. The third kappa shape index (κ3) is 3.19. The van der Waals surface area contributed by atoms with E-state index in [4.69, 9.17) is 11.1 Å². The standard InChI is InChI=1S/C15H12N4O5/c16-15(17)13(14(20)9-4-2-1-3-5-9)11-7-6-10(18(21)22)8-12(11)19(23)24/h1-8,20H,(H3,16,17)/b14-13+. The van der Waals surface area contributed by atoms with Crippen LogP contribution in [0.4, 0.5) is 11.4 Å². The number of nitrogens with one attached hydrogen (secondary N) is 1. The Labute approximate surface area is 135 Å². The molecule has 9 heteroatoms. The lowest BCUT2D eigenvalue weighted by Crippen LogP contribution is -2.15. The maximum absolute atomic E-state index is 11.3. The summed E-state index contributed by atoms with van der Waals surface area (Å²) in [4.78, 5) is 20.4. The number of hydrogen-bond donors (Lipinski definition) is 3. The normalized spacial score (nSPS) is 11.5. The van der Waals surface area contributed by atoms with Gasteiger partial charge in [0.15, 0.2) is 0 Å². The van der Waals surface area contributed by atoms with Gasteiger partial charge in [0.05, 0.1) is 27.0 Å². The molecular weight excluding hydrogens is 316 g/mol. The van der Waals surface area contributed by atoms with Gasteiger partial charge in [-0.15, -0.1) is 0 Å². The van der Waals surface area contributed by atoms with Crippen molar-refractivity contribution in [3.8, 4) is 0 Å². The topological polar surface area (TPSA) is 156 Å². The van der Waals surface area contributed by atoms with Crippen LogP contribution in [0, 0.1) is 25.6 Å². The van der Waals surface area contributed by atoms with Crippen molar-refractivity contribution in [2.75, 3.05) is 0 Å². The molecule has 0 spiro atoms. The predicted octanol–water partition coefficient (Wildman–Crippen LogP) is 2.87. The summed E-state index contributed by atoms with van der Waals surface area (Å²) < 4.78 is 0. The Morgan fingerprint density at radius 1 is 1.04 bits per heavy atom. The molecule has 24 heavy (non-hydrogen) atoms. The highest BCUT2D eigenvalue weighted by Crippen LogP contribution is 2.33. The predicted molar refractivity (Wildman–Crippen MR) is 87.5 cm³/mol. The van der Waals surface area contributed by atoms with Crippen molar-refractivity contribution in [3.05, 3.63) is 79.9 Å². The van der Waals surface area contributed by atoms with Gasteiger partial charge in [-0.25, -0.2) is 0 Å². The molecule has 0 aliphatic rings. The van der Waals surface area contributed by atoms with Gasteiger partial charge >= 0.3 is 0 Å². The molecule has 0 atom stereocenters. The van der Waals surface area contributed by atoms with Gasteiger partial charge in [-0.05, 0) is 6.07 Å². The lowest BCUT2D eigenvalue weighted by molar-refractivity contribution is -0.394. The van der Waals surface area contributed by atoms with Crippen molar-refractivity contribution >= 4 is 28.5 Å². The number of nitrogens with two attached hydrogens (primary N) is 1. The van der Waals surface area contributed by atoms with Gasteiger partial charge in [0, 0.05) is 11.6 Å². The Morgan fingerprint density at radius 2 is 1.67 bits per heavy atom. The zero-order valence-corrected chi connectivity index (χ0v) is 12.2. The fourth-order valence-corrected chi connectivity index (χ4v) is 2.14. The molecule has 0 saturated heterocycles. The van der Waals surface area contributed by atoms with Crippen LogP contribution in [0.15, 0.2) is 48.5 Å². The van der Waals surface area contributed by atoms with Crippen LogP contribution < -0.4 is 5.73 Å². The SMILES string of the molecule is N=C(N)/C(=C(/O)c1ccccc1)c1ccc([N+](=O)[O-])cc1[N+](=O)[O-]. The lowest BCUT2D eigenvalue weighted by Gasteiger charge is -2.10. The van der Waals surface area contributed by atoms with Crippen LogP contribution >= 0.6 is 0 Å². The molecule has 0 saturated carbocycles. The molecule has 0 fully saturated rings. The number of aliphatic hydroxyl groups excluding tert-OH is 1. The second-order valence-electron chi connectivity index (χ2n) is 4.72. The molecule has 122 valence electrons. The highest BCUT2D eigenvalue weighted by molar-refractivity contribution is 6.27. The lowest BCUT2D eigenvalue weighted by atomic mass is 9.98. The monoisotopic (exact) mass is 328 g/mol. The van der Waals surface area contributed by atoms with E-state index in [1.165, 1.54) is 12.1 Å². The number of nitro groups is 2. The molecule has 0 radical (unpaired) electrons. The number of aliphatic hydroxyl groups is 1. The first-order valence-corrected chi connectivity index (χ1v) is 6.59. The van der Waals surface area contributed by atoms with Crippen LogP contribution in [0.25, 0.3) is 11.3 Å². The van der Waals surface area contributed by atoms with Crippen molar-refractivity contribution in [3.63, 3.8) is 0 Å². The highest BCUT2D eigenvalue weighted by atomic mass is 16.6. The van der Waals surface area contributed by atoms with Gasteiger partial charge in [-0.3, -0.25) is 25.6 Å². The minimum Gasteiger partial charge on any atom is -0.507 e. The molecule has 0 amide bonds. The van der Waals surface area contributed by atoms with E-state index in [9.17, 15) is 25.3 Å². The first kappa shape index (κ1) is 16.6. The summed E-state index contributed by atoms with van der Waals surface area (Å²) in [5.74, 6) is -1.03. The van der Waals surface area contributed by atoms with E-state index in [-0.39, 0.29) is 11.1 Å². The van der Waals surface area contributed by atoms with E-state index in [0.717, 1.165) is 18.2 Å². The molecule has 2 aromatic carbocycles. The maximum Gasteiger partial charge on any atom is 0.284 e. The van der Waals surface area contributed by atoms with Gasteiger partial charge in [-0.1, -0.05) is 30.3 Å². The van der Waals surface area contributed by atoms with Crippen molar-refractivity contribution in [2.45, 2.75) is 0 Å². The summed E-state index contributed by atoms with van der Waals surface area (Å²) >= 11 is 0. The van der Waals surface area contributed by atoms with Crippen LogP contribution in [-0.4, -0.2) is 20.8 Å². The summed E-state index contributed by atoms with van der Waals surface area (Å²) in [7, 11) is 0. The number of rotatable bonds is 5. The highest BCUT2D eigenvalue weighted by Gasteiger charge is 2.25. The Hall–Kier alpha value is -3.75. The second kappa shape index (κ2) is 6.57. The van der Waals surface area contributed by atoms with E-state index in [1.807, 2.05) is 0 Å². The van der Waals surface area contributed by atoms with Gasteiger partial charge in [-0.2, -0.15) is 0 Å². The molecule has 0 unspecified atom stereocenters. The average Bonchev–Trinajstić information content (AvgIpc) is 2.55. The first-order valence-electron chi connectivity index (χ1n) is 6.59. The quantitative estimate of drug-likeness (QED) is 0.191. The van der Waals surface area contributed by atoms with Crippen LogP contribution in [0.1, 0.15) is 11.1 Å². The van der Waals surface area contributed by atoms with Crippen molar-refractivity contribution in [2.24, 2.45) is 5.73 Å². The summed E-state index contributed by atoms with van der Waals surface area (Å²) in [6.45, 7) is 0. The number of nitro benzene ring substituents is 2. The molecule has 0 aliphatic heterocycles. The van der Waals surface area contributed by atoms with Crippen LogP contribution in [-0.2, 0) is 0 Å². The Bertz CT molecular complexity index is 861. The largest absolute Gasteiger partial charge is 0.507 e. The van der Waals surface area contributed by atoms with Gasteiger partial charge in [0.25, 0.3) is 11.4 Å². The number of benzene rings is 2. The Balaban J connectivity index is 2.76. The zero-order valence-electron chi connectivity index (χ0n) is 12.2. The maximum atomic E-state index is 11.3. The van der Waals surface area contributed by atoms with Gasteiger partial charge < -0.3 is 10.8 Å². The third-order valence-corrected chi connectivity index (χ3v) is 3.21. The zero-order chi connectivity index (χ0) is 17.9. The van der Waals surface area contributed by atoms with Gasteiger partial charge in [0.2, 0.25) is 0 Å². The van der Waals surface area contributed by atoms with Crippen molar-refractivity contribution in [1.82, 2.24) is 0 Å². The molecule has 0 aliphatic carbocycles. The number of hydrogen-bond acceptors (Lipinski definition) is 6. The summed E-state index contributed by atoms with van der Waals surface area (Å²) in [5, 5.41) is 40.1. The van der Waals surface area contributed by atoms with E-state index >= 15 is 0 Å². The molecule has 2 aromatic rings. The molecule has 2 rings (SSSR count). The minimum atomic E-state index is -0.830. The van der Waals surface area contributed by atoms with E-state index in [2.05, 4.69) is 0 Å². The van der Waals surface area contributed by atoms with E-state index in [0.29, 0.717) is 5.56 Å². The number of amidine groups is 1. The average molecular weight is 328 g/mol. The molecular formula is C15H12N4O5. The summed E-state index contributed by atoms with van der Waals surface area (Å²) in [6.07, 6.45) is 0. The number of nitrogens with zero attached hydrogens (tertiary/aromatic N) is 2. The first-order chi connectivity index (χ1) is 11.3. The van der Waals surface area contributed by atoms with Gasteiger partial charge in [0.1, 0.15) is 11.6 Å². The Kier molecular flexibility index (Phi) is 4.55. The van der Waals surface area contributed by atoms with Crippen molar-refractivity contribution in [1.29, 1.82) is 5.41 Å². The second-order valence-corrected chi connectivity index (χ2v) is 4.72. The fourth-order valence-electron chi connectivity index (χ4n) is 2.14. The van der Waals surface area contributed by atoms with Crippen LogP contribution in [0.2, 0.25) is 0 Å². The smallest absolute Gasteiger partial charge is 0.284 e. The molecule has 4 N–H and O–H groups in total. The van der Waals surface area contributed by atoms with E-state index < -0.39 is 32.8 Å². The Morgan fingerprint density at radius 3 is 2.17 bits per heavy atom.